The summed E-state index contributed by atoms with van der Waals surface area (Å²) in [5, 5.41) is 4.53. The maximum absolute atomic E-state index is 6.31. The van der Waals surface area contributed by atoms with Crippen molar-refractivity contribution in [2.45, 2.75) is 25.9 Å². The van der Waals surface area contributed by atoms with Gasteiger partial charge in [0.1, 0.15) is 5.75 Å². The van der Waals surface area contributed by atoms with Gasteiger partial charge in [0.15, 0.2) is 0 Å². The normalized spacial score (nSPS) is 22.2. The van der Waals surface area contributed by atoms with Crippen molar-refractivity contribution < 1.29 is 4.74 Å². The van der Waals surface area contributed by atoms with E-state index in [4.69, 9.17) is 16.3 Å². The van der Waals surface area contributed by atoms with Crippen LogP contribution in [0.3, 0.4) is 0 Å². The molecule has 2 aromatic rings. The first-order chi connectivity index (χ1) is 10.2. The van der Waals surface area contributed by atoms with Crippen LogP contribution in [0.2, 0.25) is 5.02 Å². The zero-order valence-electron chi connectivity index (χ0n) is 12.3. The molecule has 2 aromatic carbocycles. The second-order valence-corrected chi connectivity index (χ2v) is 6.12. The SMILES string of the molecule is CC(NC1c2ccccc2OCC1C)c1ccccc1Cl. The Morgan fingerprint density at radius 1 is 1.14 bits per heavy atom. The van der Waals surface area contributed by atoms with Gasteiger partial charge in [-0.05, 0) is 24.6 Å². The van der Waals surface area contributed by atoms with Crippen molar-refractivity contribution in [1.82, 2.24) is 5.32 Å². The number of ether oxygens (including phenoxy) is 1. The highest BCUT2D eigenvalue weighted by molar-refractivity contribution is 6.31. The van der Waals surface area contributed by atoms with Gasteiger partial charge < -0.3 is 10.1 Å². The molecule has 3 unspecified atom stereocenters. The first-order valence-electron chi connectivity index (χ1n) is 7.39. The second-order valence-electron chi connectivity index (χ2n) is 5.71. The van der Waals surface area contributed by atoms with Crippen LogP contribution in [0.15, 0.2) is 48.5 Å². The Kier molecular flexibility index (Phi) is 4.18. The van der Waals surface area contributed by atoms with Crippen molar-refractivity contribution in [3.8, 4) is 5.75 Å². The van der Waals surface area contributed by atoms with Crippen molar-refractivity contribution >= 4 is 11.6 Å². The topological polar surface area (TPSA) is 21.3 Å². The third kappa shape index (κ3) is 2.92. The largest absolute Gasteiger partial charge is 0.493 e. The molecule has 0 amide bonds. The first-order valence-corrected chi connectivity index (χ1v) is 7.77. The second kappa shape index (κ2) is 6.08. The van der Waals surface area contributed by atoms with Gasteiger partial charge in [-0.25, -0.2) is 0 Å². The van der Waals surface area contributed by atoms with Crippen molar-refractivity contribution in [3.63, 3.8) is 0 Å². The van der Waals surface area contributed by atoms with Crippen LogP contribution >= 0.6 is 11.6 Å². The number of nitrogens with one attached hydrogen (secondary N) is 1. The molecule has 110 valence electrons. The average molecular weight is 302 g/mol. The Bertz CT molecular complexity index is 628. The summed E-state index contributed by atoms with van der Waals surface area (Å²) in [7, 11) is 0. The summed E-state index contributed by atoms with van der Waals surface area (Å²) >= 11 is 6.31. The van der Waals surface area contributed by atoms with Crippen LogP contribution in [0.5, 0.6) is 5.75 Å². The molecule has 0 aliphatic carbocycles. The summed E-state index contributed by atoms with van der Waals surface area (Å²) in [6.45, 7) is 5.11. The number of hydrogen-bond acceptors (Lipinski definition) is 2. The fourth-order valence-electron chi connectivity index (χ4n) is 2.93. The number of fused-ring (bicyclic) bond motifs is 1. The molecule has 3 rings (SSSR count). The highest BCUT2D eigenvalue weighted by atomic mass is 35.5. The summed E-state index contributed by atoms with van der Waals surface area (Å²) in [6, 6.07) is 16.7. The van der Waals surface area contributed by atoms with Gasteiger partial charge in [-0.1, -0.05) is 54.9 Å². The predicted molar refractivity (Wildman–Crippen MR) is 86.8 cm³/mol. The zero-order valence-corrected chi connectivity index (χ0v) is 13.1. The molecule has 0 saturated carbocycles. The molecule has 1 N–H and O–H groups in total. The van der Waals surface area contributed by atoms with Crippen LogP contribution in [-0.2, 0) is 0 Å². The van der Waals surface area contributed by atoms with Crippen LogP contribution in [0.4, 0.5) is 0 Å². The van der Waals surface area contributed by atoms with Crippen LogP contribution in [0.1, 0.15) is 37.1 Å². The molecule has 1 aliphatic heterocycles. The lowest BCUT2D eigenvalue weighted by Gasteiger charge is -2.34. The van der Waals surface area contributed by atoms with E-state index in [0.29, 0.717) is 5.92 Å². The van der Waals surface area contributed by atoms with E-state index >= 15 is 0 Å². The fraction of sp³-hybridized carbons (Fsp3) is 0.333. The molecule has 0 aromatic heterocycles. The van der Waals surface area contributed by atoms with Gasteiger partial charge in [0, 0.05) is 28.6 Å². The highest BCUT2D eigenvalue weighted by Gasteiger charge is 2.29. The third-order valence-corrected chi connectivity index (χ3v) is 4.47. The molecule has 21 heavy (non-hydrogen) atoms. The highest BCUT2D eigenvalue weighted by Crippen LogP contribution is 2.37. The van der Waals surface area contributed by atoms with Gasteiger partial charge in [0.05, 0.1) is 6.61 Å². The molecular formula is C18H20ClNO. The lowest BCUT2D eigenvalue weighted by molar-refractivity contribution is 0.182. The van der Waals surface area contributed by atoms with Crippen LogP contribution in [-0.4, -0.2) is 6.61 Å². The molecule has 3 atom stereocenters. The lowest BCUT2D eigenvalue weighted by Crippen LogP contribution is -2.35. The number of hydrogen-bond donors (Lipinski definition) is 1. The first kappa shape index (κ1) is 14.4. The number of rotatable bonds is 3. The fourth-order valence-corrected chi connectivity index (χ4v) is 3.23. The summed E-state index contributed by atoms with van der Waals surface area (Å²) in [4.78, 5) is 0. The smallest absolute Gasteiger partial charge is 0.124 e. The zero-order chi connectivity index (χ0) is 14.8. The van der Waals surface area contributed by atoms with Gasteiger partial charge in [0.25, 0.3) is 0 Å². The maximum Gasteiger partial charge on any atom is 0.124 e. The monoisotopic (exact) mass is 301 g/mol. The van der Waals surface area contributed by atoms with Gasteiger partial charge in [-0.3, -0.25) is 0 Å². The molecule has 0 saturated heterocycles. The van der Waals surface area contributed by atoms with Crippen molar-refractivity contribution in [3.05, 3.63) is 64.7 Å². The minimum atomic E-state index is 0.192. The minimum absolute atomic E-state index is 0.192. The van der Waals surface area contributed by atoms with Crippen molar-refractivity contribution in [2.24, 2.45) is 5.92 Å². The lowest BCUT2D eigenvalue weighted by atomic mass is 9.91. The molecule has 0 radical (unpaired) electrons. The number of benzene rings is 2. The van der Waals surface area contributed by atoms with E-state index in [0.717, 1.165) is 22.9 Å². The van der Waals surface area contributed by atoms with E-state index < -0.39 is 0 Å². The van der Waals surface area contributed by atoms with Crippen molar-refractivity contribution in [2.75, 3.05) is 6.61 Å². The summed E-state index contributed by atoms with van der Waals surface area (Å²) in [5.41, 5.74) is 2.37. The Morgan fingerprint density at radius 2 is 1.86 bits per heavy atom. The van der Waals surface area contributed by atoms with Gasteiger partial charge >= 0.3 is 0 Å². The molecule has 1 heterocycles. The quantitative estimate of drug-likeness (QED) is 0.882. The van der Waals surface area contributed by atoms with Gasteiger partial charge in [-0.2, -0.15) is 0 Å². The van der Waals surface area contributed by atoms with Gasteiger partial charge in [0.2, 0.25) is 0 Å². The van der Waals surface area contributed by atoms with E-state index in [1.807, 2.05) is 30.3 Å². The number of para-hydroxylation sites is 1. The molecule has 0 bridgehead atoms. The molecule has 3 heteroatoms. The molecule has 2 nitrogen and oxygen atoms in total. The van der Waals surface area contributed by atoms with Crippen LogP contribution < -0.4 is 10.1 Å². The van der Waals surface area contributed by atoms with Gasteiger partial charge in [-0.15, -0.1) is 0 Å². The molecule has 1 aliphatic rings. The van der Waals surface area contributed by atoms with E-state index in [1.54, 1.807) is 0 Å². The Hall–Kier alpha value is -1.51. The maximum atomic E-state index is 6.31. The Balaban J connectivity index is 1.86. The third-order valence-electron chi connectivity index (χ3n) is 4.13. The van der Waals surface area contributed by atoms with E-state index in [2.05, 4.69) is 37.4 Å². The average Bonchev–Trinajstić information content (AvgIpc) is 2.50. The summed E-state index contributed by atoms with van der Waals surface area (Å²) < 4.78 is 5.81. The molecule has 0 spiro atoms. The number of halogens is 1. The minimum Gasteiger partial charge on any atom is -0.493 e. The Labute approximate surface area is 131 Å². The predicted octanol–water partition coefficient (Wildman–Crippen LogP) is 4.76. The molecular weight excluding hydrogens is 282 g/mol. The summed E-state index contributed by atoms with van der Waals surface area (Å²) in [6.07, 6.45) is 0. The van der Waals surface area contributed by atoms with Crippen LogP contribution in [0.25, 0.3) is 0 Å². The van der Waals surface area contributed by atoms with E-state index in [1.165, 1.54) is 5.56 Å². The Morgan fingerprint density at radius 3 is 2.67 bits per heavy atom. The van der Waals surface area contributed by atoms with Crippen LogP contribution in [0, 0.1) is 5.92 Å². The summed E-state index contributed by atoms with van der Waals surface area (Å²) in [5.74, 6) is 1.41. The van der Waals surface area contributed by atoms with E-state index in [-0.39, 0.29) is 12.1 Å². The standard InChI is InChI=1S/C18H20ClNO/c1-12-11-21-17-10-6-4-8-15(17)18(12)20-13(2)14-7-3-5-9-16(14)19/h3-10,12-13,18,20H,11H2,1-2H3. The molecule has 0 fully saturated rings. The van der Waals surface area contributed by atoms with E-state index in [9.17, 15) is 0 Å². The van der Waals surface area contributed by atoms with Crippen molar-refractivity contribution in [1.29, 1.82) is 0 Å².